The maximum Gasteiger partial charge on any atom is 0.289 e. The number of hydrogen-bond acceptors (Lipinski definition) is 9. The van der Waals surface area contributed by atoms with Gasteiger partial charge in [0.2, 0.25) is 23.5 Å². The number of thiazole rings is 1. The Labute approximate surface area is 255 Å². The second-order valence-electron chi connectivity index (χ2n) is 12.0. The molecule has 2 aliphatic rings. The van der Waals surface area contributed by atoms with E-state index in [0.29, 0.717) is 28.9 Å². The predicted molar refractivity (Wildman–Crippen MR) is 161 cm³/mol. The summed E-state index contributed by atoms with van der Waals surface area (Å²) in [4.78, 5) is 63.6. The second kappa shape index (κ2) is 13.4. The second-order valence-corrected chi connectivity index (χ2v) is 13.3. The third-order valence-corrected chi connectivity index (χ3v) is 8.30. The number of carbonyl (C=O) groups is 4. The number of Topliss-reactive ketones (excluding diaryl/α,β-unsaturated/α-hetero) is 1. The van der Waals surface area contributed by atoms with Gasteiger partial charge in [-0.15, -0.1) is 11.3 Å². The zero-order valence-corrected chi connectivity index (χ0v) is 26.2. The highest BCUT2D eigenvalue weighted by Gasteiger charge is 2.46. The number of nitrogens with zero attached hydrogens (tertiary/aromatic N) is 3. The van der Waals surface area contributed by atoms with Crippen LogP contribution in [0.15, 0.2) is 23.7 Å². The van der Waals surface area contributed by atoms with E-state index in [1.807, 2.05) is 40.0 Å². The van der Waals surface area contributed by atoms with Crippen molar-refractivity contribution in [3.05, 3.63) is 34.4 Å². The molecule has 1 saturated heterocycles. The van der Waals surface area contributed by atoms with Gasteiger partial charge in [0.05, 0.1) is 23.3 Å². The number of hydrogen-bond donors (Lipinski definition) is 3. The summed E-state index contributed by atoms with van der Waals surface area (Å²) in [6.45, 7) is 9.69. The van der Waals surface area contributed by atoms with Gasteiger partial charge in [-0.05, 0) is 37.7 Å². The normalized spacial score (nSPS) is 20.0. The Bertz CT molecular complexity index is 1290. The lowest BCUT2D eigenvalue weighted by atomic mass is 9.85. The first-order chi connectivity index (χ1) is 19.8. The number of nitrogens with one attached hydrogen (secondary N) is 3. The van der Waals surface area contributed by atoms with Gasteiger partial charge in [0.15, 0.2) is 5.13 Å². The van der Waals surface area contributed by atoms with Gasteiger partial charge in [-0.25, -0.2) is 9.97 Å². The molecule has 228 valence electrons. The Balaban J connectivity index is 1.57. The lowest BCUT2D eigenvalue weighted by Gasteiger charge is -2.35. The number of aromatic nitrogens is 2. The summed E-state index contributed by atoms with van der Waals surface area (Å²) in [7, 11) is 0. The van der Waals surface area contributed by atoms with Crippen molar-refractivity contribution in [2.24, 2.45) is 5.41 Å². The minimum Gasteiger partial charge on any atom is -0.472 e. The maximum atomic E-state index is 14.2. The number of anilines is 1. The molecule has 1 saturated carbocycles. The molecule has 1 aliphatic heterocycles. The van der Waals surface area contributed by atoms with Crippen LogP contribution in [0, 0.1) is 12.3 Å². The lowest BCUT2D eigenvalue weighted by molar-refractivity contribution is -0.143. The van der Waals surface area contributed by atoms with Gasteiger partial charge in [0.1, 0.15) is 18.2 Å². The smallest absolute Gasteiger partial charge is 0.289 e. The van der Waals surface area contributed by atoms with Crippen molar-refractivity contribution in [3.63, 3.8) is 0 Å². The molecule has 0 radical (unpaired) electrons. The summed E-state index contributed by atoms with van der Waals surface area (Å²) < 4.78 is 6.06. The van der Waals surface area contributed by atoms with Crippen LogP contribution >= 0.6 is 22.9 Å². The van der Waals surface area contributed by atoms with Gasteiger partial charge in [-0.1, -0.05) is 45.7 Å². The molecule has 2 aromatic heterocycles. The summed E-state index contributed by atoms with van der Waals surface area (Å²) in [5, 5.41) is 11.7. The summed E-state index contributed by atoms with van der Waals surface area (Å²) in [5.41, 5.74) is 0.304. The number of ether oxygens (including phenoxy) is 1. The zero-order chi connectivity index (χ0) is 30.6. The number of aryl methyl sites for hydroxylation is 1. The Morgan fingerprint density at radius 3 is 2.52 bits per heavy atom. The fraction of sp³-hybridized carbons (Fsp3) is 0.586. The minimum atomic E-state index is -0.995. The van der Waals surface area contributed by atoms with Crippen molar-refractivity contribution in [2.75, 3.05) is 11.9 Å². The zero-order valence-electron chi connectivity index (χ0n) is 24.6. The van der Waals surface area contributed by atoms with E-state index in [0.717, 1.165) is 18.5 Å². The van der Waals surface area contributed by atoms with Crippen LogP contribution in [-0.4, -0.2) is 75.2 Å². The molecule has 2 fully saturated rings. The molecule has 2 aromatic rings. The van der Waals surface area contributed by atoms with E-state index in [4.69, 9.17) is 16.3 Å². The van der Waals surface area contributed by atoms with Gasteiger partial charge in [-0.3, -0.25) is 19.2 Å². The van der Waals surface area contributed by atoms with E-state index in [-0.39, 0.29) is 24.9 Å². The standard InChI is InChI=1S/C29H39ClN6O5S/c1-6-7-20(23(37)26(39)33-18-9-10-18)34-25(38)21-12-19(41-22-11-8-17(30)13-31-22)14-36(21)27(40)24(29(3,4)5)35-28-32-16(2)15-42-28/h8,11,13,15,18-21,24H,6-7,9-10,12,14H2,1-5H3,(H,32,35)(H,33,39)(H,34,38)/t19-,20+,21+,24-/m1/s1. The van der Waals surface area contributed by atoms with Crippen LogP contribution in [0.3, 0.4) is 0 Å². The van der Waals surface area contributed by atoms with Gasteiger partial charge >= 0.3 is 0 Å². The molecule has 0 bridgehead atoms. The highest BCUT2D eigenvalue weighted by molar-refractivity contribution is 7.13. The number of carbonyl (C=O) groups excluding carboxylic acids is 4. The average molecular weight is 619 g/mol. The largest absolute Gasteiger partial charge is 0.472 e. The van der Waals surface area contributed by atoms with E-state index in [9.17, 15) is 19.2 Å². The SMILES string of the molecule is CCC[C@H](NC(=O)[C@@H]1C[C@@H](Oc2ccc(Cl)cn2)CN1C(=O)[C@@H](Nc1nc(C)cs1)C(C)(C)C)C(=O)C(=O)NC1CC1. The van der Waals surface area contributed by atoms with E-state index in [1.165, 1.54) is 22.4 Å². The number of amides is 3. The number of halogens is 1. The van der Waals surface area contributed by atoms with Crippen molar-refractivity contribution in [1.82, 2.24) is 25.5 Å². The minimum absolute atomic E-state index is 0.0187. The molecule has 0 unspecified atom stereocenters. The molecule has 4 rings (SSSR count). The summed E-state index contributed by atoms with van der Waals surface area (Å²) in [6, 6.07) is 0.660. The number of rotatable bonds is 12. The van der Waals surface area contributed by atoms with Crippen molar-refractivity contribution in [2.45, 2.75) is 97.0 Å². The maximum absolute atomic E-state index is 14.2. The summed E-state index contributed by atoms with van der Waals surface area (Å²) in [6.07, 6.45) is 3.66. The van der Waals surface area contributed by atoms with E-state index >= 15 is 0 Å². The Morgan fingerprint density at radius 1 is 1.21 bits per heavy atom. The van der Waals surface area contributed by atoms with Crippen molar-refractivity contribution >= 4 is 51.6 Å². The molecular weight excluding hydrogens is 580 g/mol. The first-order valence-electron chi connectivity index (χ1n) is 14.3. The highest BCUT2D eigenvalue weighted by atomic mass is 35.5. The van der Waals surface area contributed by atoms with Gasteiger partial charge in [0.25, 0.3) is 5.91 Å². The number of pyridine rings is 1. The van der Waals surface area contributed by atoms with Gasteiger partial charge in [0, 0.05) is 30.1 Å². The molecule has 3 heterocycles. The third-order valence-electron chi connectivity index (χ3n) is 7.18. The topological polar surface area (TPSA) is 143 Å². The number of likely N-dealkylation sites (tertiary alicyclic amines) is 1. The first-order valence-corrected chi connectivity index (χ1v) is 15.5. The number of ketones is 1. The predicted octanol–water partition coefficient (Wildman–Crippen LogP) is 3.51. The van der Waals surface area contributed by atoms with Crippen LogP contribution in [0.4, 0.5) is 5.13 Å². The van der Waals surface area contributed by atoms with Crippen LogP contribution in [0.5, 0.6) is 5.88 Å². The van der Waals surface area contributed by atoms with Crippen molar-refractivity contribution < 1.29 is 23.9 Å². The first kappa shape index (κ1) is 31.7. The molecule has 42 heavy (non-hydrogen) atoms. The molecule has 0 spiro atoms. The molecule has 1 aliphatic carbocycles. The van der Waals surface area contributed by atoms with Crippen LogP contribution in [0.25, 0.3) is 0 Å². The van der Waals surface area contributed by atoms with E-state index in [1.54, 1.807) is 12.1 Å². The molecule has 0 aromatic carbocycles. The van der Waals surface area contributed by atoms with E-state index in [2.05, 4.69) is 25.9 Å². The summed E-state index contributed by atoms with van der Waals surface area (Å²) in [5.74, 6) is -1.86. The molecule has 13 heteroatoms. The van der Waals surface area contributed by atoms with Crippen LogP contribution < -0.4 is 20.7 Å². The quantitative estimate of drug-likeness (QED) is 0.307. The Morgan fingerprint density at radius 2 is 1.95 bits per heavy atom. The van der Waals surface area contributed by atoms with Crippen molar-refractivity contribution in [3.8, 4) is 5.88 Å². The molecule has 4 atom stereocenters. The van der Waals surface area contributed by atoms with Gasteiger partial charge < -0.3 is 25.6 Å². The average Bonchev–Trinajstić information content (AvgIpc) is 3.48. The van der Waals surface area contributed by atoms with Gasteiger partial charge in [-0.2, -0.15) is 0 Å². The molecular formula is C29H39ClN6O5S. The monoisotopic (exact) mass is 618 g/mol. The van der Waals surface area contributed by atoms with Crippen LogP contribution in [-0.2, 0) is 19.2 Å². The molecule has 3 N–H and O–H groups in total. The Kier molecular flexibility index (Phi) is 10.1. The highest BCUT2D eigenvalue weighted by Crippen LogP contribution is 2.31. The molecule has 3 amide bonds. The molecule has 11 nitrogen and oxygen atoms in total. The summed E-state index contributed by atoms with van der Waals surface area (Å²) >= 11 is 7.37. The lowest BCUT2D eigenvalue weighted by Crippen LogP contribution is -2.56. The third kappa shape index (κ3) is 8.19. The van der Waals surface area contributed by atoms with Crippen LogP contribution in [0.2, 0.25) is 5.02 Å². The Hall–Kier alpha value is -3.25. The van der Waals surface area contributed by atoms with Crippen molar-refractivity contribution in [1.29, 1.82) is 0 Å². The van der Waals surface area contributed by atoms with Crippen LogP contribution in [0.1, 0.15) is 65.5 Å². The fourth-order valence-electron chi connectivity index (χ4n) is 4.80. The fourth-order valence-corrected chi connectivity index (χ4v) is 5.63. The van der Waals surface area contributed by atoms with E-state index < -0.39 is 47.2 Å².